The molecule has 1 fully saturated rings. The lowest BCUT2D eigenvalue weighted by Gasteiger charge is -2.22. The second kappa shape index (κ2) is 7.52. The number of nitrogens with one attached hydrogen (secondary N) is 1. The summed E-state index contributed by atoms with van der Waals surface area (Å²) in [5, 5.41) is 10.3. The zero-order chi connectivity index (χ0) is 20.6. The van der Waals surface area contributed by atoms with Crippen LogP contribution in [0.5, 0.6) is 0 Å². The molecule has 0 aromatic carbocycles. The Morgan fingerprint density at radius 3 is 2.52 bits per heavy atom. The van der Waals surface area contributed by atoms with E-state index in [1.54, 1.807) is 0 Å². The summed E-state index contributed by atoms with van der Waals surface area (Å²) in [5.74, 6) is -1.16. The zero-order valence-electron chi connectivity index (χ0n) is 14.7. The first-order valence-corrected chi connectivity index (χ1v) is 9.98. The molecule has 154 valence electrons. The van der Waals surface area contributed by atoms with Crippen LogP contribution in [0, 0.1) is 5.82 Å². The topological polar surface area (TPSA) is 146 Å². The molecule has 4 heterocycles. The molecule has 14 heteroatoms. The van der Waals surface area contributed by atoms with E-state index in [2.05, 4.69) is 9.97 Å². The second-order valence-corrected chi connectivity index (χ2v) is 8.41. The lowest BCUT2D eigenvalue weighted by Crippen LogP contribution is -2.34. The fourth-order valence-corrected chi connectivity index (χ4v) is 4.62. The quantitative estimate of drug-likeness (QED) is 0.521. The molecule has 3 aromatic heterocycles. The number of aliphatic hydroxyl groups is 1. The minimum Gasteiger partial charge on any atom is -0.390 e. The summed E-state index contributed by atoms with van der Waals surface area (Å²) in [6.07, 6.45) is 6.00. The molecule has 3 aromatic rings. The van der Waals surface area contributed by atoms with Gasteiger partial charge in [0.15, 0.2) is 0 Å². The van der Waals surface area contributed by atoms with Gasteiger partial charge >= 0.3 is 13.4 Å². The first-order valence-electron chi connectivity index (χ1n) is 8.45. The van der Waals surface area contributed by atoms with Crippen molar-refractivity contribution in [3.63, 3.8) is 0 Å². The number of H-pyrrole nitrogens is 1. The van der Waals surface area contributed by atoms with Crippen LogP contribution < -0.4 is 11.2 Å². The average molecular weight is 426 g/mol. The van der Waals surface area contributed by atoms with E-state index in [1.165, 1.54) is 46.1 Å². The molecule has 0 saturated carbocycles. The summed E-state index contributed by atoms with van der Waals surface area (Å²) in [6.45, 7) is -0.300. The van der Waals surface area contributed by atoms with Crippen LogP contribution in [0.1, 0.15) is 12.6 Å². The third-order valence-corrected chi connectivity index (χ3v) is 6.54. The van der Waals surface area contributed by atoms with E-state index in [0.29, 0.717) is 6.20 Å². The standard InChI is InChI=1S/C15H16FN6O6P/c16-10-6-22(15(25)19-14(10)24)13-5-11(23)12(28-13)7-27-29(26,20-3-1-17-8-20)21-4-2-18-9-21/h1-4,6,8-9,11-13,23H,5,7H2,(H,19,24,25)/t11-,12+,13+/m0/s1. The highest BCUT2D eigenvalue weighted by Crippen LogP contribution is 2.49. The smallest absolute Gasteiger partial charge is 0.390 e. The predicted octanol–water partition coefficient (Wildman–Crippen LogP) is -0.0616. The van der Waals surface area contributed by atoms with Gasteiger partial charge in [0.05, 0.1) is 18.9 Å². The van der Waals surface area contributed by atoms with Gasteiger partial charge in [0.1, 0.15) is 25.0 Å². The van der Waals surface area contributed by atoms with Crippen molar-refractivity contribution in [1.82, 2.24) is 28.2 Å². The van der Waals surface area contributed by atoms with Gasteiger partial charge in [-0.3, -0.25) is 18.9 Å². The SMILES string of the molecule is O=c1[nH]c(=O)n([C@H]2C[C@H](O)[C@@H](COP(=O)(n3ccnc3)n3ccnc3)O2)cc1F. The van der Waals surface area contributed by atoms with Crippen molar-refractivity contribution in [2.24, 2.45) is 0 Å². The maximum absolute atomic E-state index is 13.5. The number of rotatable bonds is 6. The molecule has 0 amide bonds. The Balaban J connectivity index is 1.53. The van der Waals surface area contributed by atoms with Crippen molar-refractivity contribution in [3.05, 3.63) is 70.3 Å². The Labute approximate surface area is 161 Å². The highest BCUT2D eigenvalue weighted by atomic mass is 31.2. The minimum absolute atomic E-state index is 0.0557. The van der Waals surface area contributed by atoms with Gasteiger partial charge in [-0.15, -0.1) is 0 Å². The van der Waals surface area contributed by atoms with Crippen LogP contribution in [-0.4, -0.2) is 52.1 Å². The third-order valence-electron chi connectivity index (χ3n) is 4.41. The van der Waals surface area contributed by atoms with Gasteiger partial charge < -0.3 is 9.84 Å². The van der Waals surface area contributed by atoms with Crippen LogP contribution in [-0.2, 0) is 13.8 Å². The molecule has 1 aliphatic rings. The van der Waals surface area contributed by atoms with Crippen molar-refractivity contribution in [3.8, 4) is 0 Å². The molecule has 0 unspecified atom stereocenters. The summed E-state index contributed by atoms with van der Waals surface area (Å²) in [6, 6.07) is 0. The van der Waals surface area contributed by atoms with Gasteiger partial charge in [-0.2, -0.15) is 4.39 Å². The maximum atomic E-state index is 13.5. The van der Waals surface area contributed by atoms with Gasteiger partial charge in [-0.25, -0.2) is 28.0 Å². The lowest BCUT2D eigenvalue weighted by atomic mass is 10.2. The van der Waals surface area contributed by atoms with E-state index >= 15 is 0 Å². The zero-order valence-corrected chi connectivity index (χ0v) is 15.6. The van der Waals surface area contributed by atoms with Crippen LogP contribution in [0.25, 0.3) is 0 Å². The highest BCUT2D eigenvalue weighted by Gasteiger charge is 2.38. The van der Waals surface area contributed by atoms with E-state index < -0.39 is 43.2 Å². The molecule has 0 aliphatic carbocycles. The summed E-state index contributed by atoms with van der Waals surface area (Å²) >= 11 is 0. The number of aromatic nitrogens is 6. The second-order valence-electron chi connectivity index (χ2n) is 6.25. The van der Waals surface area contributed by atoms with Crippen LogP contribution >= 0.6 is 7.67 Å². The van der Waals surface area contributed by atoms with Crippen LogP contribution in [0.3, 0.4) is 0 Å². The Bertz CT molecular complexity index is 1100. The fraction of sp³-hybridized carbons (Fsp3) is 0.333. The largest absolute Gasteiger partial charge is 0.406 e. The molecule has 0 spiro atoms. The van der Waals surface area contributed by atoms with Crippen LogP contribution in [0.4, 0.5) is 4.39 Å². The fourth-order valence-electron chi connectivity index (χ4n) is 2.94. The minimum atomic E-state index is -3.68. The molecule has 2 N–H and O–H groups in total. The highest BCUT2D eigenvalue weighted by molar-refractivity contribution is 7.55. The maximum Gasteiger partial charge on any atom is 0.406 e. The Morgan fingerprint density at radius 1 is 1.28 bits per heavy atom. The molecule has 12 nitrogen and oxygen atoms in total. The number of aliphatic hydroxyl groups excluding tert-OH is 1. The molecular weight excluding hydrogens is 410 g/mol. The van der Waals surface area contributed by atoms with Gasteiger partial charge in [0, 0.05) is 31.2 Å². The number of nitrogens with zero attached hydrogens (tertiary/aromatic N) is 5. The Kier molecular flexibility index (Phi) is 5.04. The number of halogens is 1. The van der Waals surface area contributed by atoms with Gasteiger partial charge in [-0.1, -0.05) is 0 Å². The van der Waals surface area contributed by atoms with E-state index in [0.717, 1.165) is 4.57 Å². The molecule has 0 radical (unpaired) electrons. The lowest BCUT2D eigenvalue weighted by molar-refractivity contribution is -0.0414. The first-order chi connectivity index (χ1) is 13.9. The van der Waals surface area contributed by atoms with E-state index in [9.17, 15) is 23.7 Å². The number of hydrogen-bond donors (Lipinski definition) is 2. The van der Waals surface area contributed by atoms with Crippen molar-refractivity contribution in [2.45, 2.75) is 24.9 Å². The van der Waals surface area contributed by atoms with E-state index in [-0.39, 0.29) is 13.0 Å². The molecule has 4 rings (SSSR count). The van der Waals surface area contributed by atoms with Gasteiger partial charge in [0.25, 0.3) is 5.56 Å². The van der Waals surface area contributed by atoms with Crippen molar-refractivity contribution in [1.29, 1.82) is 0 Å². The van der Waals surface area contributed by atoms with E-state index in [4.69, 9.17) is 9.26 Å². The van der Waals surface area contributed by atoms with Crippen molar-refractivity contribution < 1.29 is 23.3 Å². The predicted molar refractivity (Wildman–Crippen MR) is 94.6 cm³/mol. The van der Waals surface area contributed by atoms with Gasteiger partial charge in [0.2, 0.25) is 5.82 Å². The number of ether oxygens (including phenoxy) is 1. The normalized spacial score (nSPS) is 22.2. The summed E-state index contributed by atoms with van der Waals surface area (Å²) in [5.41, 5.74) is -2.02. The van der Waals surface area contributed by atoms with Crippen LogP contribution in [0.15, 0.2) is 53.2 Å². The summed E-state index contributed by atoms with van der Waals surface area (Å²) < 4.78 is 41.6. The molecule has 3 atom stereocenters. The van der Waals surface area contributed by atoms with Crippen molar-refractivity contribution in [2.75, 3.05) is 6.61 Å². The summed E-state index contributed by atoms with van der Waals surface area (Å²) in [7, 11) is -3.68. The Morgan fingerprint density at radius 2 is 1.93 bits per heavy atom. The van der Waals surface area contributed by atoms with Crippen LogP contribution in [0.2, 0.25) is 0 Å². The summed E-state index contributed by atoms with van der Waals surface area (Å²) in [4.78, 5) is 32.6. The average Bonchev–Trinajstić information content (AvgIpc) is 3.45. The third kappa shape index (κ3) is 3.60. The van der Waals surface area contributed by atoms with Gasteiger partial charge in [-0.05, 0) is 0 Å². The Hall–Kier alpha value is -2.86. The number of hydrogen-bond acceptors (Lipinski definition) is 8. The molecule has 1 saturated heterocycles. The van der Waals surface area contributed by atoms with Crippen molar-refractivity contribution >= 4 is 7.67 Å². The molecule has 29 heavy (non-hydrogen) atoms. The first kappa shape index (κ1) is 19.5. The monoisotopic (exact) mass is 426 g/mol. The number of aromatic amines is 1. The van der Waals surface area contributed by atoms with E-state index in [1.807, 2.05) is 4.98 Å². The molecule has 1 aliphatic heterocycles. The number of imidazole rings is 2. The molecule has 0 bridgehead atoms. The molecular formula is C15H16FN6O6P.